The number of hydrogen-bond donors (Lipinski definition) is 4. The van der Waals surface area contributed by atoms with Crippen molar-refractivity contribution in [3.05, 3.63) is 94.2 Å². The van der Waals surface area contributed by atoms with Crippen molar-refractivity contribution >= 4 is 28.7 Å². The molecule has 0 unspecified atom stereocenters. The quantitative estimate of drug-likeness (QED) is 0.232. The van der Waals surface area contributed by atoms with E-state index in [2.05, 4.69) is 10.8 Å². The molecule has 0 saturated heterocycles. The van der Waals surface area contributed by atoms with E-state index in [-0.39, 0.29) is 17.0 Å². The first-order valence-electron chi connectivity index (χ1n) is 10.9. The van der Waals surface area contributed by atoms with E-state index in [4.69, 9.17) is 11.1 Å². The minimum atomic E-state index is -1.27. The molecular weight excluding hydrogens is 430 g/mol. The van der Waals surface area contributed by atoms with E-state index in [1.807, 2.05) is 49.4 Å². The molecule has 0 bridgehead atoms. The number of aromatic carboxylic acids is 2. The molecule has 1 aromatic heterocycles. The Hall–Kier alpha value is -4.39. The number of rotatable bonds is 7. The molecule has 0 amide bonds. The van der Waals surface area contributed by atoms with Crippen LogP contribution in [0.1, 0.15) is 49.9 Å². The highest BCUT2D eigenvalue weighted by Crippen LogP contribution is 2.34. The maximum Gasteiger partial charge on any atom is 0.337 e. The van der Waals surface area contributed by atoms with E-state index in [9.17, 15) is 19.8 Å². The zero-order chi connectivity index (χ0) is 24.6. The average molecular weight is 456 g/mol. The van der Waals surface area contributed by atoms with Crippen LogP contribution >= 0.6 is 0 Å². The van der Waals surface area contributed by atoms with Crippen molar-refractivity contribution in [1.29, 1.82) is 5.41 Å². The summed E-state index contributed by atoms with van der Waals surface area (Å²) in [4.78, 5) is 24.0. The van der Waals surface area contributed by atoms with Gasteiger partial charge in [-0.25, -0.2) is 9.59 Å². The molecule has 5 N–H and O–H groups in total. The van der Waals surface area contributed by atoms with E-state index >= 15 is 0 Å². The zero-order valence-corrected chi connectivity index (χ0v) is 18.9. The van der Waals surface area contributed by atoms with Crippen molar-refractivity contribution in [2.75, 3.05) is 0 Å². The highest BCUT2D eigenvalue weighted by molar-refractivity contribution is 6.08. The molecule has 3 aromatic carbocycles. The van der Waals surface area contributed by atoms with Gasteiger partial charge in [-0.3, -0.25) is 5.41 Å². The molecule has 4 aromatic rings. The van der Waals surface area contributed by atoms with Crippen LogP contribution < -0.4 is 5.73 Å². The topological polar surface area (TPSA) is 129 Å². The van der Waals surface area contributed by atoms with Gasteiger partial charge in [0.1, 0.15) is 5.84 Å². The molecule has 1 heterocycles. The van der Waals surface area contributed by atoms with Gasteiger partial charge in [0.15, 0.2) is 0 Å². The number of nitrogens with one attached hydrogen (secondary N) is 1. The van der Waals surface area contributed by atoms with Crippen LogP contribution in [0.2, 0.25) is 0 Å². The molecule has 7 heteroatoms. The third kappa shape index (κ3) is 3.92. The number of amidine groups is 1. The zero-order valence-electron chi connectivity index (χ0n) is 18.9. The van der Waals surface area contributed by atoms with Gasteiger partial charge < -0.3 is 20.5 Å². The van der Waals surface area contributed by atoms with Crippen molar-refractivity contribution in [1.82, 2.24) is 4.57 Å². The Balaban J connectivity index is 1.89. The van der Waals surface area contributed by atoms with Gasteiger partial charge >= 0.3 is 11.9 Å². The van der Waals surface area contributed by atoms with Crippen molar-refractivity contribution in [3.63, 3.8) is 0 Å². The predicted octanol–water partition coefficient (Wildman–Crippen LogP) is 4.91. The molecular formula is C27H25N3O4. The summed E-state index contributed by atoms with van der Waals surface area (Å²) in [5.41, 5.74) is 10.3. The molecule has 0 saturated carbocycles. The fourth-order valence-corrected chi connectivity index (χ4v) is 4.51. The van der Waals surface area contributed by atoms with Gasteiger partial charge in [0, 0.05) is 35.6 Å². The number of aromatic nitrogens is 1. The Morgan fingerprint density at radius 2 is 1.65 bits per heavy atom. The highest BCUT2D eigenvalue weighted by Gasteiger charge is 2.24. The Bertz CT molecular complexity index is 1470. The molecule has 0 aliphatic rings. The monoisotopic (exact) mass is 455 g/mol. The standard InChI is InChI=1S/C27H25N3O4/c1-3-30-14-18(20-11-9-17(25(28)29)13-22(20)30)12-16-6-4-5-7-19(16)21-10-8-15(2)23(26(31)32)24(21)27(33)34/h4-11,13-14H,3,12H2,1-2H3,(H3,28,29)(H,31,32)(H,33,34). The van der Waals surface area contributed by atoms with Crippen LogP contribution in [0.5, 0.6) is 0 Å². The molecule has 34 heavy (non-hydrogen) atoms. The summed E-state index contributed by atoms with van der Waals surface area (Å²) in [6.07, 6.45) is 2.58. The van der Waals surface area contributed by atoms with Gasteiger partial charge in [0.05, 0.1) is 11.1 Å². The molecule has 0 fully saturated rings. The predicted molar refractivity (Wildman–Crippen MR) is 132 cm³/mol. The molecule has 0 aliphatic carbocycles. The molecule has 0 radical (unpaired) electrons. The van der Waals surface area contributed by atoms with Crippen LogP contribution in [-0.2, 0) is 13.0 Å². The van der Waals surface area contributed by atoms with Gasteiger partial charge in [-0.05, 0) is 47.7 Å². The number of nitrogens with two attached hydrogens (primary N) is 1. The minimum Gasteiger partial charge on any atom is -0.478 e. The summed E-state index contributed by atoms with van der Waals surface area (Å²) in [6, 6.07) is 16.5. The first-order chi connectivity index (χ1) is 16.2. The van der Waals surface area contributed by atoms with Crippen LogP contribution in [0, 0.1) is 12.3 Å². The second kappa shape index (κ2) is 8.86. The van der Waals surface area contributed by atoms with Crippen LogP contribution in [0.3, 0.4) is 0 Å². The Morgan fingerprint density at radius 1 is 0.941 bits per heavy atom. The third-order valence-electron chi connectivity index (χ3n) is 6.15. The van der Waals surface area contributed by atoms with Crippen LogP contribution in [-0.4, -0.2) is 32.6 Å². The van der Waals surface area contributed by atoms with Crippen LogP contribution in [0.4, 0.5) is 0 Å². The number of carbonyl (C=O) groups is 2. The summed E-state index contributed by atoms with van der Waals surface area (Å²) >= 11 is 0. The summed E-state index contributed by atoms with van der Waals surface area (Å²) in [5, 5.41) is 28.4. The third-order valence-corrected chi connectivity index (χ3v) is 6.15. The lowest BCUT2D eigenvalue weighted by molar-refractivity contribution is 0.0651. The first-order valence-corrected chi connectivity index (χ1v) is 10.9. The Labute approximate surface area is 196 Å². The SMILES string of the molecule is CCn1cc(Cc2ccccc2-c2ccc(C)c(C(=O)O)c2C(=O)O)c2ccc(C(=N)N)cc21. The first kappa shape index (κ1) is 22.8. The number of fused-ring (bicyclic) bond motifs is 1. The summed E-state index contributed by atoms with van der Waals surface area (Å²) < 4.78 is 2.09. The summed E-state index contributed by atoms with van der Waals surface area (Å²) in [5.74, 6) is -2.53. The number of nitrogens with zero attached hydrogens (tertiary/aromatic N) is 1. The fourth-order valence-electron chi connectivity index (χ4n) is 4.51. The van der Waals surface area contributed by atoms with E-state index < -0.39 is 11.9 Å². The second-order valence-electron chi connectivity index (χ2n) is 8.21. The van der Waals surface area contributed by atoms with Crippen LogP contribution in [0.15, 0.2) is 60.8 Å². The number of benzene rings is 3. The molecule has 7 nitrogen and oxygen atoms in total. The number of hydrogen-bond acceptors (Lipinski definition) is 3. The smallest absolute Gasteiger partial charge is 0.337 e. The van der Waals surface area contributed by atoms with Gasteiger partial charge in [-0.2, -0.15) is 0 Å². The van der Waals surface area contributed by atoms with Gasteiger partial charge in [-0.15, -0.1) is 0 Å². The molecule has 0 spiro atoms. The lowest BCUT2D eigenvalue weighted by atomic mass is 9.88. The van der Waals surface area contributed by atoms with E-state index in [1.165, 1.54) is 0 Å². The maximum absolute atomic E-state index is 12.2. The van der Waals surface area contributed by atoms with Crippen molar-refractivity contribution in [3.8, 4) is 11.1 Å². The van der Waals surface area contributed by atoms with Crippen molar-refractivity contribution in [2.45, 2.75) is 26.8 Å². The number of carboxylic acid groups (broad SMARTS) is 2. The van der Waals surface area contributed by atoms with Crippen molar-refractivity contribution in [2.24, 2.45) is 5.73 Å². The van der Waals surface area contributed by atoms with E-state index in [1.54, 1.807) is 19.1 Å². The van der Waals surface area contributed by atoms with Gasteiger partial charge in [0.25, 0.3) is 0 Å². The highest BCUT2D eigenvalue weighted by atomic mass is 16.4. The van der Waals surface area contributed by atoms with Crippen molar-refractivity contribution < 1.29 is 19.8 Å². The van der Waals surface area contributed by atoms with Gasteiger partial charge in [0.2, 0.25) is 0 Å². The molecule has 0 atom stereocenters. The molecule has 4 rings (SSSR count). The molecule has 0 aliphatic heterocycles. The average Bonchev–Trinajstić information content (AvgIpc) is 3.15. The minimum absolute atomic E-state index is 0.00690. The number of carboxylic acids is 2. The lowest BCUT2D eigenvalue weighted by Gasteiger charge is -2.15. The summed E-state index contributed by atoms with van der Waals surface area (Å²) in [6.45, 7) is 4.37. The Morgan fingerprint density at radius 3 is 2.29 bits per heavy atom. The maximum atomic E-state index is 12.2. The second-order valence-corrected chi connectivity index (χ2v) is 8.21. The van der Waals surface area contributed by atoms with E-state index in [0.717, 1.165) is 28.6 Å². The summed E-state index contributed by atoms with van der Waals surface area (Å²) in [7, 11) is 0. The Kier molecular flexibility index (Phi) is 5.94. The van der Waals surface area contributed by atoms with Crippen LogP contribution in [0.25, 0.3) is 22.0 Å². The largest absolute Gasteiger partial charge is 0.478 e. The number of aryl methyl sites for hydroxylation is 2. The molecule has 172 valence electrons. The normalized spacial score (nSPS) is 11.0. The number of nitrogen functional groups attached to an aromatic ring is 1. The van der Waals surface area contributed by atoms with E-state index in [0.29, 0.717) is 28.7 Å². The fraction of sp³-hybridized carbons (Fsp3) is 0.148. The lowest BCUT2D eigenvalue weighted by Crippen LogP contribution is -2.12. The van der Waals surface area contributed by atoms with Gasteiger partial charge in [-0.1, -0.05) is 48.5 Å².